The van der Waals surface area contributed by atoms with E-state index in [0.29, 0.717) is 34.0 Å². The third kappa shape index (κ3) is 4.58. The molecule has 0 unspecified atom stereocenters. The van der Waals surface area contributed by atoms with Gasteiger partial charge in [-0.2, -0.15) is 9.07 Å². The minimum atomic E-state index is -1.05. The standard InChI is InChI=1S/C24H19ClFN7O4/c1-12-6-19(24(36)37-10-20(34)15-3-5-21(27)29-23(15)26)33-18(12)7-13(8-22(33)35)16-9-14(25)2-4-17(16)32-11-28-30-31-32/h2-5,7-9,11-12,19H,6,10H2,1H3,(H2,27,29)/t12-,19-/m0/s1. The maximum absolute atomic E-state index is 13.9. The molecular weight excluding hydrogens is 505 g/mol. The molecule has 5 rings (SSSR count). The Morgan fingerprint density at radius 1 is 1.22 bits per heavy atom. The van der Waals surface area contributed by atoms with Crippen molar-refractivity contribution in [2.75, 3.05) is 12.3 Å². The van der Waals surface area contributed by atoms with Crippen LogP contribution in [0, 0.1) is 5.95 Å². The number of nitrogens with zero attached hydrogens (tertiary/aromatic N) is 6. The summed E-state index contributed by atoms with van der Waals surface area (Å²) in [6, 6.07) is 9.82. The fourth-order valence-corrected chi connectivity index (χ4v) is 4.58. The average molecular weight is 524 g/mol. The number of carbonyl (C=O) groups excluding carboxylic acids is 2. The third-order valence-corrected chi connectivity index (χ3v) is 6.38. The molecule has 1 aromatic carbocycles. The van der Waals surface area contributed by atoms with Gasteiger partial charge in [0.05, 0.1) is 11.3 Å². The fourth-order valence-electron chi connectivity index (χ4n) is 4.41. The SMILES string of the molecule is C[C@H]1C[C@@H](C(=O)OCC(=O)c2ccc(N)nc2F)n2c1cc(-c1cc(Cl)ccc1-n1cnnn1)cc2=O. The number of hydrogen-bond donors (Lipinski definition) is 1. The summed E-state index contributed by atoms with van der Waals surface area (Å²) in [5.41, 5.74) is 7.06. The van der Waals surface area contributed by atoms with E-state index in [1.807, 2.05) is 6.92 Å². The number of fused-ring (bicyclic) bond motifs is 1. The molecule has 0 fully saturated rings. The zero-order valence-electron chi connectivity index (χ0n) is 19.3. The predicted molar refractivity (Wildman–Crippen MR) is 130 cm³/mol. The number of aromatic nitrogens is 6. The van der Waals surface area contributed by atoms with Gasteiger partial charge in [0.1, 0.15) is 18.2 Å². The molecule has 13 heteroatoms. The van der Waals surface area contributed by atoms with Crippen molar-refractivity contribution in [2.24, 2.45) is 0 Å². The van der Waals surface area contributed by atoms with E-state index < -0.39 is 35.9 Å². The van der Waals surface area contributed by atoms with Gasteiger partial charge in [0.25, 0.3) is 5.56 Å². The predicted octanol–water partition coefficient (Wildman–Crippen LogP) is 2.74. The highest BCUT2D eigenvalue weighted by atomic mass is 35.5. The fraction of sp³-hybridized carbons (Fsp3) is 0.208. The number of pyridine rings is 2. The lowest BCUT2D eigenvalue weighted by atomic mass is 10.00. The molecule has 0 bridgehead atoms. The lowest BCUT2D eigenvalue weighted by Crippen LogP contribution is -2.29. The van der Waals surface area contributed by atoms with E-state index in [4.69, 9.17) is 22.1 Å². The molecule has 2 N–H and O–H groups in total. The second-order valence-electron chi connectivity index (χ2n) is 8.55. The number of anilines is 1. The van der Waals surface area contributed by atoms with Crippen molar-refractivity contribution in [3.05, 3.63) is 81.4 Å². The average Bonchev–Trinajstić information content (AvgIpc) is 3.51. The maximum atomic E-state index is 13.9. The number of hydrogen-bond acceptors (Lipinski definition) is 9. The normalized spacial score (nSPS) is 16.4. The highest BCUT2D eigenvalue weighted by molar-refractivity contribution is 6.31. The Balaban J connectivity index is 1.42. The molecule has 2 atom stereocenters. The first-order valence-corrected chi connectivity index (χ1v) is 11.5. The van der Waals surface area contributed by atoms with Crippen molar-refractivity contribution >= 4 is 29.2 Å². The van der Waals surface area contributed by atoms with Gasteiger partial charge in [-0.1, -0.05) is 18.5 Å². The molecular formula is C24H19ClFN7O4. The van der Waals surface area contributed by atoms with Crippen LogP contribution in [0.3, 0.4) is 0 Å². The summed E-state index contributed by atoms with van der Waals surface area (Å²) in [4.78, 5) is 41.8. The number of nitrogen functional groups attached to an aromatic ring is 1. The summed E-state index contributed by atoms with van der Waals surface area (Å²) in [5, 5.41) is 11.7. The Labute approximate surface area is 213 Å². The van der Waals surface area contributed by atoms with Gasteiger partial charge < -0.3 is 10.5 Å². The number of benzene rings is 1. The summed E-state index contributed by atoms with van der Waals surface area (Å²) >= 11 is 6.23. The van der Waals surface area contributed by atoms with Crippen LogP contribution in [0.2, 0.25) is 5.02 Å². The Bertz CT molecular complexity index is 1590. The van der Waals surface area contributed by atoms with E-state index in [2.05, 4.69) is 20.5 Å². The minimum Gasteiger partial charge on any atom is -0.456 e. The zero-order chi connectivity index (χ0) is 26.3. The van der Waals surface area contributed by atoms with Gasteiger partial charge >= 0.3 is 5.97 Å². The molecule has 0 spiro atoms. The molecule has 3 aromatic heterocycles. The number of ether oxygens (including phenoxy) is 1. The second kappa shape index (κ2) is 9.54. The Hall–Kier alpha value is -4.45. The minimum absolute atomic E-state index is 0.0795. The lowest BCUT2D eigenvalue weighted by molar-refractivity contribution is -0.146. The molecule has 4 heterocycles. The summed E-state index contributed by atoms with van der Waals surface area (Å²) < 4.78 is 21.9. The molecule has 0 saturated carbocycles. The van der Waals surface area contributed by atoms with Crippen LogP contribution in [-0.4, -0.2) is 48.1 Å². The van der Waals surface area contributed by atoms with E-state index >= 15 is 0 Å². The monoisotopic (exact) mass is 523 g/mol. The van der Waals surface area contributed by atoms with Crippen LogP contribution in [0.25, 0.3) is 16.8 Å². The van der Waals surface area contributed by atoms with E-state index in [-0.39, 0.29) is 17.3 Å². The number of carbonyl (C=O) groups is 2. The largest absolute Gasteiger partial charge is 0.456 e. The smallest absolute Gasteiger partial charge is 0.329 e. The number of esters is 1. The van der Waals surface area contributed by atoms with Crippen molar-refractivity contribution < 1.29 is 18.7 Å². The van der Waals surface area contributed by atoms with E-state index in [1.54, 1.807) is 24.3 Å². The number of nitrogens with two attached hydrogens (primary N) is 1. The number of rotatable bonds is 6. The van der Waals surface area contributed by atoms with E-state index in [9.17, 15) is 18.8 Å². The molecule has 0 saturated heterocycles. The summed E-state index contributed by atoms with van der Waals surface area (Å²) in [6.07, 6.45) is 1.72. The lowest BCUT2D eigenvalue weighted by Gasteiger charge is -2.15. The molecule has 4 aromatic rings. The summed E-state index contributed by atoms with van der Waals surface area (Å²) in [7, 11) is 0. The third-order valence-electron chi connectivity index (χ3n) is 6.15. The number of halogens is 2. The Kier molecular flexibility index (Phi) is 6.25. The molecule has 11 nitrogen and oxygen atoms in total. The molecule has 0 amide bonds. The summed E-state index contributed by atoms with van der Waals surface area (Å²) in [5.74, 6) is -2.84. The zero-order valence-corrected chi connectivity index (χ0v) is 20.1. The van der Waals surface area contributed by atoms with Crippen molar-refractivity contribution in [2.45, 2.75) is 25.3 Å². The van der Waals surface area contributed by atoms with Crippen molar-refractivity contribution in [1.82, 2.24) is 29.8 Å². The van der Waals surface area contributed by atoms with Crippen LogP contribution in [0.1, 0.15) is 41.4 Å². The van der Waals surface area contributed by atoms with Crippen LogP contribution in [0.15, 0.2) is 53.6 Å². The Morgan fingerprint density at radius 3 is 2.76 bits per heavy atom. The number of Topliss-reactive ketones (excluding diaryl/α,β-unsaturated/α-hetero) is 1. The molecule has 1 aliphatic heterocycles. The van der Waals surface area contributed by atoms with Crippen LogP contribution in [0.4, 0.5) is 10.2 Å². The van der Waals surface area contributed by atoms with Crippen LogP contribution < -0.4 is 11.3 Å². The van der Waals surface area contributed by atoms with Crippen molar-refractivity contribution in [1.29, 1.82) is 0 Å². The van der Waals surface area contributed by atoms with Gasteiger partial charge in [-0.05, 0) is 64.7 Å². The van der Waals surface area contributed by atoms with Crippen LogP contribution >= 0.6 is 11.6 Å². The highest BCUT2D eigenvalue weighted by Crippen LogP contribution is 2.38. The number of ketones is 1. The van der Waals surface area contributed by atoms with Crippen LogP contribution in [-0.2, 0) is 9.53 Å². The molecule has 0 radical (unpaired) electrons. The highest BCUT2D eigenvalue weighted by Gasteiger charge is 2.36. The van der Waals surface area contributed by atoms with E-state index in [1.165, 1.54) is 33.8 Å². The molecule has 188 valence electrons. The van der Waals surface area contributed by atoms with Gasteiger partial charge in [0.2, 0.25) is 11.7 Å². The first-order valence-electron chi connectivity index (χ1n) is 11.1. The first-order chi connectivity index (χ1) is 17.7. The van der Waals surface area contributed by atoms with E-state index in [0.717, 1.165) is 0 Å². The van der Waals surface area contributed by atoms with Crippen LogP contribution in [0.5, 0.6) is 0 Å². The van der Waals surface area contributed by atoms with Gasteiger partial charge in [-0.3, -0.25) is 14.2 Å². The molecule has 37 heavy (non-hydrogen) atoms. The van der Waals surface area contributed by atoms with Gasteiger partial charge in [-0.25, -0.2) is 9.78 Å². The second-order valence-corrected chi connectivity index (χ2v) is 8.99. The Morgan fingerprint density at radius 2 is 2.03 bits per heavy atom. The molecule has 1 aliphatic rings. The van der Waals surface area contributed by atoms with Gasteiger partial charge in [0.15, 0.2) is 6.61 Å². The van der Waals surface area contributed by atoms with Crippen molar-refractivity contribution in [3.8, 4) is 16.8 Å². The quantitative estimate of drug-likeness (QED) is 0.229. The molecule has 0 aliphatic carbocycles. The van der Waals surface area contributed by atoms with Gasteiger partial charge in [-0.15, -0.1) is 5.10 Å². The topological polar surface area (TPSA) is 148 Å². The first kappa shape index (κ1) is 24.3. The maximum Gasteiger partial charge on any atom is 0.329 e. The number of tetrazole rings is 1. The summed E-state index contributed by atoms with van der Waals surface area (Å²) in [6.45, 7) is 1.18. The van der Waals surface area contributed by atoms with Crippen molar-refractivity contribution in [3.63, 3.8) is 0 Å². The van der Waals surface area contributed by atoms with Gasteiger partial charge in [0, 0.05) is 22.3 Å².